The summed E-state index contributed by atoms with van der Waals surface area (Å²) in [5, 5.41) is 8.64. The normalized spacial score (nSPS) is 10.6. The van der Waals surface area contributed by atoms with Crippen LogP contribution in [0.4, 0.5) is 3.89 Å². The van der Waals surface area contributed by atoms with E-state index in [9.17, 15) is 12.3 Å². The molecule has 0 fully saturated rings. The second-order valence-electron chi connectivity index (χ2n) is 2.23. The van der Waals surface area contributed by atoms with Gasteiger partial charge in [0.05, 0.1) is 10.6 Å². The molecule has 1 aromatic rings. The summed E-state index contributed by atoms with van der Waals surface area (Å²) in [7, 11) is -5.07. The van der Waals surface area contributed by atoms with Crippen LogP contribution < -0.4 is 4.18 Å². The lowest BCUT2D eigenvalue weighted by Gasteiger charge is -2.00. The van der Waals surface area contributed by atoms with Gasteiger partial charge < -0.3 is 4.18 Å². The molecule has 0 heterocycles. The van der Waals surface area contributed by atoms with Crippen molar-refractivity contribution in [3.05, 3.63) is 28.8 Å². The Kier molecular flexibility index (Phi) is 2.93. The maximum atomic E-state index is 12.0. The van der Waals surface area contributed by atoms with Crippen LogP contribution in [0.3, 0.4) is 0 Å². The van der Waals surface area contributed by atoms with E-state index in [0.717, 1.165) is 12.1 Å². The molecule has 0 spiro atoms. The Hall–Kier alpha value is -1.32. The second-order valence-corrected chi connectivity index (χ2v) is 3.59. The summed E-state index contributed by atoms with van der Waals surface area (Å²) in [6.45, 7) is 0. The predicted octanol–water partition coefficient (Wildman–Crippen LogP) is 1.80. The van der Waals surface area contributed by atoms with Gasteiger partial charge in [-0.3, -0.25) is 0 Å². The molecule has 0 N–H and O–H groups in total. The first-order valence-corrected chi connectivity index (χ1v) is 4.95. The molecule has 7 heteroatoms. The Bertz CT molecular complexity index is 494. The van der Waals surface area contributed by atoms with Gasteiger partial charge in [-0.15, -0.1) is 0 Å². The quantitative estimate of drug-likeness (QED) is 0.733. The largest absolute Gasteiger partial charge is 0.488 e. The lowest BCUT2D eigenvalue weighted by molar-refractivity contribution is 0.440. The minimum atomic E-state index is -5.07. The van der Waals surface area contributed by atoms with Crippen LogP contribution in [0.25, 0.3) is 0 Å². The van der Waals surface area contributed by atoms with E-state index in [1.54, 1.807) is 6.07 Å². The lowest BCUT2D eigenvalue weighted by atomic mass is 10.2. The maximum absolute atomic E-state index is 12.0. The average Bonchev–Trinajstić information content (AvgIpc) is 2.06. The highest BCUT2D eigenvalue weighted by Crippen LogP contribution is 2.22. The zero-order valence-electron chi connectivity index (χ0n) is 6.57. The molecule has 1 rings (SSSR count). The Labute approximate surface area is 84.9 Å². The average molecular weight is 236 g/mol. The van der Waals surface area contributed by atoms with Crippen LogP contribution in [-0.4, -0.2) is 8.42 Å². The molecule has 0 aromatic heterocycles. The fourth-order valence-electron chi connectivity index (χ4n) is 0.757. The van der Waals surface area contributed by atoms with Crippen LogP contribution in [0.2, 0.25) is 5.02 Å². The zero-order valence-corrected chi connectivity index (χ0v) is 8.14. The SMILES string of the molecule is N#Cc1cc(OS(=O)(=O)F)ccc1Cl. The van der Waals surface area contributed by atoms with Gasteiger partial charge >= 0.3 is 10.5 Å². The molecular weight excluding hydrogens is 233 g/mol. The topological polar surface area (TPSA) is 67.2 Å². The van der Waals surface area contributed by atoms with E-state index in [2.05, 4.69) is 4.18 Å². The van der Waals surface area contributed by atoms with Crippen molar-refractivity contribution in [3.8, 4) is 11.8 Å². The van der Waals surface area contributed by atoms with Crippen molar-refractivity contribution in [2.45, 2.75) is 0 Å². The fraction of sp³-hybridized carbons (Fsp3) is 0. The van der Waals surface area contributed by atoms with E-state index in [1.165, 1.54) is 6.07 Å². The first-order valence-electron chi connectivity index (χ1n) is 3.26. The van der Waals surface area contributed by atoms with Gasteiger partial charge in [0.1, 0.15) is 11.8 Å². The van der Waals surface area contributed by atoms with Gasteiger partial charge in [0.2, 0.25) is 0 Å². The molecule has 1 aromatic carbocycles. The minimum Gasteiger partial charge on any atom is -0.358 e. The molecule has 0 unspecified atom stereocenters. The van der Waals surface area contributed by atoms with Crippen molar-refractivity contribution in [3.63, 3.8) is 0 Å². The molecular formula is C7H3ClFNO3S. The number of nitriles is 1. The van der Waals surface area contributed by atoms with Crippen LogP contribution >= 0.6 is 11.6 Å². The van der Waals surface area contributed by atoms with Crippen molar-refractivity contribution in [1.29, 1.82) is 5.26 Å². The third-order valence-electron chi connectivity index (χ3n) is 1.25. The van der Waals surface area contributed by atoms with Crippen LogP contribution in [0, 0.1) is 11.3 Å². The van der Waals surface area contributed by atoms with Crippen LogP contribution in [0.15, 0.2) is 18.2 Å². The number of rotatable bonds is 2. The van der Waals surface area contributed by atoms with Crippen LogP contribution in [0.1, 0.15) is 5.56 Å². The molecule has 4 nitrogen and oxygen atoms in total. The standard InChI is InChI=1S/C7H3ClFNO3S/c8-7-2-1-6(3-5(7)4-10)13-14(9,11)12/h1-3H. The molecule has 0 atom stereocenters. The minimum absolute atomic E-state index is 0.00724. The van der Waals surface area contributed by atoms with Crippen molar-refractivity contribution in [2.24, 2.45) is 0 Å². The molecule has 0 aliphatic carbocycles. The summed E-state index contributed by atoms with van der Waals surface area (Å²) in [5.41, 5.74) is 0.00724. The van der Waals surface area contributed by atoms with E-state index < -0.39 is 10.5 Å². The number of benzene rings is 1. The van der Waals surface area contributed by atoms with Gasteiger partial charge in [-0.25, -0.2) is 0 Å². The summed E-state index contributed by atoms with van der Waals surface area (Å²) in [4.78, 5) is 0. The third-order valence-corrected chi connectivity index (χ3v) is 1.98. The Morgan fingerprint density at radius 3 is 2.64 bits per heavy atom. The summed E-state index contributed by atoms with van der Waals surface area (Å²) < 4.78 is 36.1. The van der Waals surface area contributed by atoms with Crippen molar-refractivity contribution >= 4 is 22.1 Å². The van der Waals surface area contributed by atoms with Crippen LogP contribution in [0.5, 0.6) is 5.75 Å². The predicted molar refractivity (Wildman–Crippen MR) is 46.8 cm³/mol. The zero-order chi connectivity index (χ0) is 10.8. The smallest absolute Gasteiger partial charge is 0.358 e. The van der Waals surface area contributed by atoms with Gasteiger partial charge in [0, 0.05) is 6.07 Å². The Balaban J connectivity index is 3.09. The van der Waals surface area contributed by atoms with Crippen molar-refractivity contribution in [2.75, 3.05) is 0 Å². The maximum Gasteiger partial charge on any atom is 0.488 e. The number of nitrogens with zero attached hydrogens (tertiary/aromatic N) is 1. The monoisotopic (exact) mass is 235 g/mol. The first-order chi connectivity index (χ1) is 6.42. The van der Waals surface area contributed by atoms with E-state index in [-0.39, 0.29) is 16.3 Å². The second kappa shape index (κ2) is 3.82. The fourth-order valence-corrected chi connectivity index (χ4v) is 1.25. The molecule has 14 heavy (non-hydrogen) atoms. The van der Waals surface area contributed by atoms with Gasteiger partial charge in [0.25, 0.3) is 0 Å². The van der Waals surface area contributed by atoms with Crippen molar-refractivity contribution < 1.29 is 16.5 Å². The summed E-state index contributed by atoms with van der Waals surface area (Å²) in [6, 6.07) is 5.10. The molecule has 0 radical (unpaired) electrons. The number of halogens is 2. The number of hydrogen-bond donors (Lipinski definition) is 0. The van der Waals surface area contributed by atoms with E-state index in [4.69, 9.17) is 16.9 Å². The molecule has 0 saturated carbocycles. The lowest BCUT2D eigenvalue weighted by Crippen LogP contribution is -2.01. The third kappa shape index (κ3) is 2.87. The summed E-state index contributed by atoms with van der Waals surface area (Å²) in [6.07, 6.45) is 0. The molecule has 0 amide bonds. The van der Waals surface area contributed by atoms with E-state index in [0.29, 0.717) is 0 Å². The van der Waals surface area contributed by atoms with E-state index >= 15 is 0 Å². The molecule has 0 bridgehead atoms. The van der Waals surface area contributed by atoms with Gasteiger partial charge in [0.15, 0.2) is 0 Å². The van der Waals surface area contributed by atoms with Crippen LogP contribution in [-0.2, 0) is 10.5 Å². The highest BCUT2D eigenvalue weighted by molar-refractivity contribution is 7.81. The molecule has 0 aliphatic heterocycles. The first kappa shape index (κ1) is 10.8. The highest BCUT2D eigenvalue weighted by atomic mass is 35.5. The Morgan fingerprint density at radius 1 is 1.50 bits per heavy atom. The summed E-state index contributed by atoms with van der Waals surface area (Å²) in [5.74, 6) is -0.298. The van der Waals surface area contributed by atoms with Gasteiger partial charge in [-0.2, -0.15) is 13.7 Å². The van der Waals surface area contributed by atoms with Gasteiger partial charge in [-0.1, -0.05) is 15.5 Å². The molecule has 74 valence electrons. The highest BCUT2D eigenvalue weighted by Gasteiger charge is 2.10. The number of hydrogen-bond acceptors (Lipinski definition) is 4. The van der Waals surface area contributed by atoms with Crippen molar-refractivity contribution in [1.82, 2.24) is 0 Å². The van der Waals surface area contributed by atoms with E-state index in [1.807, 2.05) is 0 Å². The molecule has 0 aliphatic rings. The van der Waals surface area contributed by atoms with Gasteiger partial charge in [-0.05, 0) is 12.1 Å². The molecule has 0 saturated heterocycles. The summed E-state index contributed by atoms with van der Waals surface area (Å²) >= 11 is 5.55. The Morgan fingerprint density at radius 2 is 2.14 bits per heavy atom.